The number of ether oxygens (including phenoxy) is 1. The molecule has 3 aromatic carbocycles. The van der Waals surface area contributed by atoms with Crippen LogP contribution < -0.4 is 10.2 Å². The van der Waals surface area contributed by atoms with E-state index in [4.69, 9.17) is 4.74 Å². The van der Waals surface area contributed by atoms with Crippen LogP contribution in [0.3, 0.4) is 0 Å². The van der Waals surface area contributed by atoms with Gasteiger partial charge in [0.1, 0.15) is 12.4 Å². The molecule has 0 aliphatic heterocycles. The Hall–Kier alpha value is -2.67. The number of nitrogens with zero attached hydrogens (tertiary/aromatic N) is 1. The number of halogens is 1. The normalized spacial score (nSPS) is 10.9. The van der Waals surface area contributed by atoms with Crippen LogP contribution in [0.4, 0.5) is 0 Å². The van der Waals surface area contributed by atoms with E-state index in [0.717, 1.165) is 28.0 Å². The number of hydrogen-bond acceptors (Lipinski definition) is 3. The average molecular weight is 498 g/mol. The molecule has 0 aromatic heterocycles. The van der Waals surface area contributed by atoms with Gasteiger partial charge in [0.25, 0.3) is 0 Å². The quantitative estimate of drug-likeness (QED) is 0.277. The highest BCUT2D eigenvalue weighted by atomic mass is 127. The molecule has 0 fully saturated rings. The summed E-state index contributed by atoms with van der Waals surface area (Å²) < 4.78 is 7.05. The SMILES string of the molecule is Cc1ccc(CC(=O)N/N=C/c2cccc(OCc3ccc(I)cc3)c2)c(C)c1. The van der Waals surface area contributed by atoms with Crippen LogP contribution in [-0.2, 0) is 17.8 Å². The van der Waals surface area contributed by atoms with Gasteiger partial charge < -0.3 is 4.74 Å². The second-order valence-corrected chi connectivity index (χ2v) is 8.13. The Balaban J connectivity index is 1.53. The summed E-state index contributed by atoms with van der Waals surface area (Å²) in [5, 5.41) is 4.07. The fraction of sp³-hybridized carbons (Fsp3) is 0.167. The van der Waals surface area contributed by atoms with Crippen molar-refractivity contribution in [3.05, 3.63) is 98.1 Å². The highest BCUT2D eigenvalue weighted by molar-refractivity contribution is 14.1. The molecule has 0 saturated heterocycles. The minimum atomic E-state index is -0.140. The van der Waals surface area contributed by atoms with E-state index in [1.54, 1.807) is 6.21 Å². The van der Waals surface area contributed by atoms with Crippen molar-refractivity contribution in [2.75, 3.05) is 0 Å². The fourth-order valence-electron chi connectivity index (χ4n) is 2.87. The third kappa shape index (κ3) is 6.71. The van der Waals surface area contributed by atoms with E-state index in [1.807, 2.05) is 50.2 Å². The van der Waals surface area contributed by atoms with Crippen LogP contribution in [-0.4, -0.2) is 12.1 Å². The number of carbonyl (C=O) groups excluding carboxylic acids is 1. The topological polar surface area (TPSA) is 50.7 Å². The summed E-state index contributed by atoms with van der Waals surface area (Å²) in [6.07, 6.45) is 1.93. The fourth-order valence-corrected chi connectivity index (χ4v) is 3.23. The lowest BCUT2D eigenvalue weighted by atomic mass is 10.0. The van der Waals surface area contributed by atoms with Crippen molar-refractivity contribution in [1.29, 1.82) is 0 Å². The minimum absolute atomic E-state index is 0.140. The lowest BCUT2D eigenvalue weighted by Crippen LogP contribution is -2.20. The van der Waals surface area contributed by atoms with Gasteiger partial charge in [-0.15, -0.1) is 0 Å². The largest absolute Gasteiger partial charge is 0.489 e. The second kappa shape index (κ2) is 10.2. The molecule has 148 valence electrons. The molecule has 0 aliphatic rings. The summed E-state index contributed by atoms with van der Waals surface area (Å²) in [5.74, 6) is 0.619. The summed E-state index contributed by atoms with van der Waals surface area (Å²) in [5.41, 5.74) is 7.88. The molecular weight excluding hydrogens is 475 g/mol. The van der Waals surface area contributed by atoms with Crippen molar-refractivity contribution in [3.8, 4) is 5.75 Å². The van der Waals surface area contributed by atoms with Gasteiger partial charge in [-0.3, -0.25) is 4.79 Å². The maximum atomic E-state index is 12.1. The molecule has 0 heterocycles. The van der Waals surface area contributed by atoms with Crippen molar-refractivity contribution in [2.45, 2.75) is 26.9 Å². The van der Waals surface area contributed by atoms with Gasteiger partial charge in [0, 0.05) is 3.57 Å². The van der Waals surface area contributed by atoms with Crippen LogP contribution in [0.5, 0.6) is 5.75 Å². The molecule has 1 N–H and O–H groups in total. The molecule has 0 unspecified atom stereocenters. The van der Waals surface area contributed by atoms with Crippen molar-refractivity contribution >= 4 is 34.7 Å². The van der Waals surface area contributed by atoms with Gasteiger partial charge in [-0.05, 0) is 83.0 Å². The van der Waals surface area contributed by atoms with Crippen molar-refractivity contribution < 1.29 is 9.53 Å². The standard InChI is InChI=1S/C24H23IN2O2/c1-17-6-9-21(18(2)12-17)14-24(28)27-26-15-20-4-3-5-23(13-20)29-16-19-7-10-22(25)11-8-19/h3-13,15H,14,16H2,1-2H3,(H,27,28)/b26-15+. The van der Waals surface area contributed by atoms with Gasteiger partial charge in [0.2, 0.25) is 5.91 Å². The van der Waals surface area contributed by atoms with Crippen molar-refractivity contribution in [1.82, 2.24) is 5.43 Å². The molecular formula is C24H23IN2O2. The van der Waals surface area contributed by atoms with Gasteiger partial charge in [0.05, 0.1) is 12.6 Å². The predicted octanol–water partition coefficient (Wildman–Crippen LogP) is 5.18. The van der Waals surface area contributed by atoms with Crippen molar-refractivity contribution in [2.24, 2.45) is 5.10 Å². The Bertz CT molecular complexity index is 1010. The lowest BCUT2D eigenvalue weighted by Gasteiger charge is -2.07. The molecule has 0 bridgehead atoms. The number of benzene rings is 3. The van der Waals surface area contributed by atoms with Crippen LogP contribution in [0.25, 0.3) is 0 Å². The molecule has 3 aromatic rings. The first kappa shape index (κ1) is 21.0. The lowest BCUT2D eigenvalue weighted by molar-refractivity contribution is -0.120. The summed E-state index contributed by atoms with van der Waals surface area (Å²) >= 11 is 2.28. The number of aryl methyl sites for hydroxylation is 2. The number of amides is 1. The summed E-state index contributed by atoms with van der Waals surface area (Å²) in [6, 6.07) is 21.9. The molecule has 0 atom stereocenters. The van der Waals surface area contributed by atoms with Crippen LogP contribution >= 0.6 is 22.6 Å². The molecule has 0 aliphatic carbocycles. The average Bonchev–Trinajstić information content (AvgIpc) is 2.70. The molecule has 3 rings (SSSR count). The Morgan fingerprint density at radius 3 is 2.62 bits per heavy atom. The number of carbonyl (C=O) groups is 1. The van der Waals surface area contributed by atoms with E-state index in [-0.39, 0.29) is 5.91 Å². The molecule has 5 heteroatoms. The first-order valence-corrected chi connectivity index (χ1v) is 10.4. The van der Waals surface area contributed by atoms with Crippen LogP contribution in [0.1, 0.15) is 27.8 Å². The van der Waals surface area contributed by atoms with Gasteiger partial charge in [0.15, 0.2) is 0 Å². The number of hydrazone groups is 1. The van der Waals surface area contributed by atoms with Gasteiger partial charge in [-0.2, -0.15) is 5.10 Å². The summed E-state index contributed by atoms with van der Waals surface area (Å²) in [6.45, 7) is 4.56. The van der Waals surface area contributed by atoms with Crippen molar-refractivity contribution in [3.63, 3.8) is 0 Å². The summed E-state index contributed by atoms with van der Waals surface area (Å²) in [7, 11) is 0. The van der Waals surface area contributed by atoms with E-state index >= 15 is 0 Å². The third-order valence-electron chi connectivity index (χ3n) is 4.43. The number of hydrogen-bond donors (Lipinski definition) is 1. The molecule has 4 nitrogen and oxygen atoms in total. The minimum Gasteiger partial charge on any atom is -0.489 e. The highest BCUT2D eigenvalue weighted by Crippen LogP contribution is 2.15. The van der Waals surface area contributed by atoms with E-state index in [9.17, 15) is 4.79 Å². The monoisotopic (exact) mass is 498 g/mol. The zero-order valence-electron chi connectivity index (χ0n) is 16.5. The molecule has 1 amide bonds. The first-order chi connectivity index (χ1) is 14.0. The van der Waals surface area contributed by atoms with Crippen LogP contribution in [0, 0.1) is 17.4 Å². The summed E-state index contributed by atoms with van der Waals surface area (Å²) in [4.78, 5) is 12.1. The predicted molar refractivity (Wildman–Crippen MR) is 125 cm³/mol. The van der Waals surface area contributed by atoms with E-state index in [0.29, 0.717) is 13.0 Å². The van der Waals surface area contributed by atoms with Crippen LogP contribution in [0.15, 0.2) is 71.8 Å². The van der Waals surface area contributed by atoms with Gasteiger partial charge in [-0.25, -0.2) is 5.43 Å². The Morgan fingerprint density at radius 1 is 1.07 bits per heavy atom. The second-order valence-electron chi connectivity index (χ2n) is 6.89. The Kier molecular flexibility index (Phi) is 7.41. The van der Waals surface area contributed by atoms with E-state index in [1.165, 1.54) is 9.13 Å². The van der Waals surface area contributed by atoms with Gasteiger partial charge >= 0.3 is 0 Å². The first-order valence-electron chi connectivity index (χ1n) is 9.35. The highest BCUT2D eigenvalue weighted by Gasteiger charge is 2.05. The maximum Gasteiger partial charge on any atom is 0.244 e. The van der Waals surface area contributed by atoms with Gasteiger partial charge in [-0.1, -0.05) is 48.0 Å². The molecule has 0 saturated carbocycles. The smallest absolute Gasteiger partial charge is 0.244 e. The maximum absolute atomic E-state index is 12.1. The Labute approximate surface area is 185 Å². The third-order valence-corrected chi connectivity index (χ3v) is 5.15. The Morgan fingerprint density at radius 2 is 1.86 bits per heavy atom. The molecule has 0 spiro atoms. The molecule has 29 heavy (non-hydrogen) atoms. The number of nitrogens with one attached hydrogen (secondary N) is 1. The zero-order chi connectivity index (χ0) is 20.6. The van der Waals surface area contributed by atoms with E-state index < -0.39 is 0 Å². The number of rotatable bonds is 7. The molecule has 0 radical (unpaired) electrons. The zero-order valence-corrected chi connectivity index (χ0v) is 18.6. The van der Waals surface area contributed by atoms with E-state index in [2.05, 4.69) is 63.4 Å². The van der Waals surface area contributed by atoms with Crippen LogP contribution in [0.2, 0.25) is 0 Å².